The van der Waals surface area contributed by atoms with Gasteiger partial charge >= 0.3 is 0 Å². The van der Waals surface area contributed by atoms with E-state index in [2.05, 4.69) is 33.4 Å². The standard InChI is InChI=1S/C9H20OS/c1-8(2,3)5-6-9(4,10)7-11/h10-11H,5-7H2,1-4H3. The predicted molar refractivity (Wildman–Crippen MR) is 53.2 cm³/mol. The summed E-state index contributed by atoms with van der Waals surface area (Å²) in [7, 11) is 0. The fraction of sp³-hybridized carbons (Fsp3) is 1.00. The molecule has 0 saturated heterocycles. The van der Waals surface area contributed by atoms with Gasteiger partial charge in [0.2, 0.25) is 0 Å². The molecule has 0 aliphatic rings. The maximum atomic E-state index is 9.61. The zero-order valence-corrected chi connectivity index (χ0v) is 8.91. The van der Waals surface area contributed by atoms with Gasteiger partial charge in [-0.2, -0.15) is 12.6 Å². The Hall–Kier alpha value is 0.310. The van der Waals surface area contributed by atoms with Crippen LogP contribution in [0.4, 0.5) is 0 Å². The summed E-state index contributed by atoms with van der Waals surface area (Å²) in [4.78, 5) is 0. The van der Waals surface area contributed by atoms with Crippen LogP contribution in [0.3, 0.4) is 0 Å². The fourth-order valence-electron chi connectivity index (χ4n) is 0.723. The largest absolute Gasteiger partial charge is 0.389 e. The lowest BCUT2D eigenvalue weighted by atomic mass is 9.86. The average Bonchev–Trinajstić information content (AvgIpc) is 1.83. The van der Waals surface area contributed by atoms with E-state index in [1.165, 1.54) is 0 Å². The van der Waals surface area contributed by atoms with Gasteiger partial charge in [-0.05, 0) is 25.2 Å². The molecule has 0 radical (unpaired) electrons. The molecule has 68 valence electrons. The van der Waals surface area contributed by atoms with Crippen molar-refractivity contribution in [2.24, 2.45) is 5.41 Å². The van der Waals surface area contributed by atoms with E-state index >= 15 is 0 Å². The monoisotopic (exact) mass is 176 g/mol. The summed E-state index contributed by atoms with van der Waals surface area (Å²) in [5.74, 6) is 0.545. The Kier molecular flexibility index (Phi) is 3.92. The summed E-state index contributed by atoms with van der Waals surface area (Å²) in [6.45, 7) is 8.39. The van der Waals surface area contributed by atoms with Crippen LogP contribution in [0.2, 0.25) is 0 Å². The third-order valence-corrected chi connectivity index (χ3v) is 2.44. The van der Waals surface area contributed by atoms with Gasteiger partial charge in [0.05, 0.1) is 5.60 Å². The van der Waals surface area contributed by atoms with Crippen LogP contribution in [-0.4, -0.2) is 16.5 Å². The summed E-state index contributed by atoms with van der Waals surface area (Å²) in [6, 6.07) is 0. The molecule has 0 aliphatic carbocycles. The van der Waals surface area contributed by atoms with Crippen molar-refractivity contribution in [2.75, 3.05) is 5.75 Å². The van der Waals surface area contributed by atoms with Crippen LogP contribution in [0, 0.1) is 5.41 Å². The smallest absolute Gasteiger partial charge is 0.0707 e. The van der Waals surface area contributed by atoms with Crippen LogP contribution in [0.5, 0.6) is 0 Å². The summed E-state index contributed by atoms with van der Waals surface area (Å²) in [5.41, 5.74) is -0.274. The van der Waals surface area contributed by atoms with E-state index in [0.717, 1.165) is 12.8 Å². The summed E-state index contributed by atoms with van der Waals surface area (Å²) >= 11 is 4.08. The molecule has 0 aromatic carbocycles. The van der Waals surface area contributed by atoms with Gasteiger partial charge < -0.3 is 5.11 Å². The van der Waals surface area contributed by atoms with Crippen LogP contribution in [-0.2, 0) is 0 Å². The molecule has 0 rings (SSSR count). The molecule has 0 fully saturated rings. The molecule has 2 heteroatoms. The summed E-state index contributed by atoms with van der Waals surface area (Å²) < 4.78 is 0. The van der Waals surface area contributed by atoms with Gasteiger partial charge in [-0.1, -0.05) is 20.8 Å². The van der Waals surface area contributed by atoms with Crippen LogP contribution in [0.1, 0.15) is 40.5 Å². The molecule has 0 aliphatic heterocycles. The minimum atomic E-state index is -0.587. The molecule has 0 bridgehead atoms. The van der Waals surface area contributed by atoms with Crippen LogP contribution in [0.25, 0.3) is 0 Å². The lowest BCUT2D eigenvalue weighted by molar-refractivity contribution is 0.0633. The molecule has 0 aromatic rings. The number of aliphatic hydroxyl groups is 1. The Morgan fingerprint density at radius 1 is 1.09 bits per heavy atom. The SMILES string of the molecule is CC(C)(C)CCC(C)(O)CS. The molecule has 0 heterocycles. The molecular formula is C9H20OS. The quantitative estimate of drug-likeness (QED) is 0.633. The summed E-state index contributed by atoms with van der Waals surface area (Å²) in [5, 5.41) is 9.61. The van der Waals surface area contributed by atoms with Crippen molar-refractivity contribution in [3.8, 4) is 0 Å². The van der Waals surface area contributed by atoms with Crippen molar-refractivity contribution >= 4 is 12.6 Å². The summed E-state index contributed by atoms with van der Waals surface area (Å²) in [6.07, 6.45) is 1.88. The minimum absolute atomic E-state index is 0.312. The number of hydrogen-bond donors (Lipinski definition) is 2. The molecule has 0 amide bonds. The first-order valence-corrected chi connectivity index (χ1v) is 4.73. The molecule has 1 unspecified atom stereocenters. The van der Waals surface area contributed by atoms with E-state index in [1.807, 2.05) is 6.92 Å². The zero-order valence-electron chi connectivity index (χ0n) is 8.02. The Morgan fingerprint density at radius 3 is 1.82 bits per heavy atom. The number of thiol groups is 1. The Morgan fingerprint density at radius 2 is 1.55 bits per heavy atom. The normalized spacial score (nSPS) is 18.0. The molecule has 1 nitrogen and oxygen atoms in total. The highest BCUT2D eigenvalue weighted by Crippen LogP contribution is 2.25. The highest BCUT2D eigenvalue weighted by molar-refractivity contribution is 7.80. The van der Waals surface area contributed by atoms with E-state index < -0.39 is 5.60 Å². The van der Waals surface area contributed by atoms with Crippen LogP contribution >= 0.6 is 12.6 Å². The van der Waals surface area contributed by atoms with Gasteiger partial charge in [-0.3, -0.25) is 0 Å². The molecule has 11 heavy (non-hydrogen) atoms. The molecule has 0 aromatic heterocycles. The van der Waals surface area contributed by atoms with Crippen molar-refractivity contribution in [3.63, 3.8) is 0 Å². The Labute approximate surface area is 75.6 Å². The van der Waals surface area contributed by atoms with Crippen molar-refractivity contribution < 1.29 is 5.11 Å². The van der Waals surface area contributed by atoms with Gasteiger partial charge in [0, 0.05) is 5.75 Å². The number of rotatable bonds is 3. The number of hydrogen-bond acceptors (Lipinski definition) is 2. The highest BCUT2D eigenvalue weighted by atomic mass is 32.1. The first kappa shape index (κ1) is 11.3. The van der Waals surface area contributed by atoms with E-state index in [1.54, 1.807) is 0 Å². The Balaban J connectivity index is 3.70. The van der Waals surface area contributed by atoms with E-state index in [-0.39, 0.29) is 0 Å². The maximum absolute atomic E-state index is 9.61. The molecule has 1 atom stereocenters. The second kappa shape index (κ2) is 3.81. The second-order valence-corrected chi connectivity index (χ2v) is 5.03. The molecule has 0 saturated carbocycles. The topological polar surface area (TPSA) is 20.2 Å². The zero-order chi connectivity index (χ0) is 9.12. The molecule has 1 N–H and O–H groups in total. The van der Waals surface area contributed by atoms with Gasteiger partial charge in [0.15, 0.2) is 0 Å². The van der Waals surface area contributed by atoms with Gasteiger partial charge in [0.1, 0.15) is 0 Å². The van der Waals surface area contributed by atoms with Crippen molar-refractivity contribution in [1.82, 2.24) is 0 Å². The molecule has 0 spiro atoms. The second-order valence-electron chi connectivity index (χ2n) is 4.72. The van der Waals surface area contributed by atoms with Gasteiger partial charge in [-0.15, -0.1) is 0 Å². The fourth-order valence-corrected chi connectivity index (χ4v) is 0.881. The lowest BCUT2D eigenvalue weighted by Crippen LogP contribution is -2.27. The third kappa shape index (κ3) is 6.70. The van der Waals surface area contributed by atoms with Crippen LogP contribution < -0.4 is 0 Å². The average molecular weight is 176 g/mol. The first-order valence-electron chi connectivity index (χ1n) is 4.10. The predicted octanol–water partition coefficient (Wildman–Crippen LogP) is 2.49. The Bertz CT molecular complexity index is 113. The van der Waals surface area contributed by atoms with Gasteiger partial charge in [0.25, 0.3) is 0 Å². The van der Waals surface area contributed by atoms with E-state index in [4.69, 9.17) is 0 Å². The van der Waals surface area contributed by atoms with Gasteiger partial charge in [-0.25, -0.2) is 0 Å². The van der Waals surface area contributed by atoms with Crippen molar-refractivity contribution in [2.45, 2.75) is 46.1 Å². The maximum Gasteiger partial charge on any atom is 0.0707 e. The van der Waals surface area contributed by atoms with Crippen molar-refractivity contribution in [3.05, 3.63) is 0 Å². The first-order chi connectivity index (χ1) is 4.77. The van der Waals surface area contributed by atoms with E-state index in [9.17, 15) is 5.11 Å². The highest BCUT2D eigenvalue weighted by Gasteiger charge is 2.21. The molecular weight excluding hydrogens is 156 g/mol. The third-order valence-electron chi connectivity index (χ3n) is 1.75. The minimum Gasteiger partial charge on any atom is -0.389 e. The van der Waals surface area contributed by atoms with E-state index in [0.29, 0.717) is 11.2 Å². The van der Waals surface area contributed by atoms with Crippen molar-refractivity contribution in [1.29, 1.82) is 0 Å². The van der Waals surface area contributed by atoms with Crippen LogP contribution in [0.15, 0.2) is 0 Å². The lowest BCUT2D eigenvalue weighted by Gasteiger charge is -2.26.